The maximum Gasteiger partial charge on any atom is 0.387 e. The van der Waals surface area contributed by atoms with Crippen LogP contribution in [0.2, 0.25) is 0 Å². The van der Waals surface area contributed by atoms with Crippen molar-refractivity contribution in [2.75, 3.05) is 5.75 Å². The van der Waals surface area contributed by atoms with Crippen molar-refractivity contribution in [2.45, 2.75) is 25.7 Å². The van der Waals surface area contributed by atoms with Gasteiger partial charge in [0.15, 0.2) is 0 Å². The zero-order valence-corrected chi connectivity index (χ0v) is 11.9. The first kappa shape index (κ1) is 14.8. The minimum Gasteiger partial charge on any atom is -0.435 e. The van der Waals surface area contributed by atoms with E-state index >= 15 is 0 Å². The van der Waals surface area contributed by atoms with Gasteiger partial charge in [-0.25, -0.2) is 0 Å². The van der Waals surface area contributed by atoms with Crippen molar-refractivity contribution in [3.8, 4) is 17.2 Å². The topological polar surface area (TPSA) is 48.2 Å². The number of hydrogen-bond donors (Lipinski definition) is 0. The molecular formula is C13H14F2N2O2S. The maximum absolute atomic E-state index is 12.0. The third-order valence-corrected chi connectivity index (χ3v) is 3.52. The van der Waals surface area contributed by atoms with Crippen LogP contribution in [0.15, 0.2) is 33.9 Å². The van der Waals surface area contributed by atoms with Crippen LogP contribution in [-0.2, 0) is 0 Å². The summed E-state index contributed by atoms with van der Waals surface area (Å²) >= 11 is 1.49. The minimum atomic E-state index is -2.83. The van der Waals surface area contributed by atoms with Gasteiger partial charge in [-0.1, -0.05) is 25.6 Å². The molecule has 1 aromatic heterocycles. The van der Waals surface area contributed by atoms with Gasteiger partial charge in [-0.2, -0.15) is 8.78 Å². The van der Waals surface area contributed by atoms with E-state index < -0.39 is 6.61 Å². The van der Waals surface area contributed by atoms with Crippen LogP contribution in [0.1, 0.15) is 13.8 Å². The van der Waals surface area contributed by atoms with E-state index in [2.05, 4.69) is 28.8 Å². The van der Waals surface area contributed by atoms with Crippen LogP contribution in [0, 0.1) is 5.92 Å². The number of benzene rings is 1. The van der Waals surface area contributed by atoms with Crippen LogP contribution < -0.4 is 4.74 Å². The number of alkyl halides is 2. The predicted molar refractivity (Wildman–Crippen MR) is 71.9 cm³/mol. The first-order valence-electron chi connectivity index (χ1n) is 6.06. The van der Waals surface area contributed by atoms with E-state index in [1.54, 1.807) is 12.1 Å². The lowest BCUT2D eigenvalue weighted by Gasteiger charge is -2.03. The summed E-state index contributed by atoms with van der Waals surface area (Å²) in [4.78, 5) is 0. The molecule has 0 amide bonds. The average molecular weight is 300 g/mol. The van der Waals surface area contributed by atoms with E-state index in [-0.39, 0.29) is 5.75 Å². The number of nitrogens with zero attached hydrogens (tertiary/aromatic N) is 2. The largest absolute Gasteiger partial charge is 0.435 e. The third kappa shape index (κ3) is 4.19. The summed E-state index contributed by atoms with van der Waals surface area (Å²) in [5, 5.41) is 8.36. The smallest absolute Gasteiger partial charge is 0.387 e. The van der Waals surface area contributed by atoms with Gasteiger partial charge in [0.05, 0.1) is 0 Å². The highest BCUT2D eigenvalue weighted by Crippen LogP contribution is 2.26. The number of rotatable bonds is 6. The van der Waals surface area contributed by atoms with Crippen molar-refractivity contribution < 1.29 is 17.9 Å². The molecule has 0 aliphatic heterocycles. The van der Waals surface area contributed by atoms with Gasteiger partial charge in [0.1, 0.15) is 5.75 Å². The molecule has 1 aromatic carbocycles. The molecule has 0 radical (unpaired) electrons. The van der Waals surface area contributed by atoms with Crippen LogP contribution in [-0.4, -0.2) is 22.6 Å². The van der Waals surface area contributed by atoms with E-state index in [0.717, 1.165) is 5.75 Å². The molecule has 0 saturated carbocycles. The van der Waals surface area contributed by atoms with Crippen LogP contribution in [0.25, 0.3) is 11.5 Å². The molecule has 0 N–H and O–H groups in total. The molecule has 1 heterocycles. The molecule has 0 bridgehead atoms. The first-order valence-corrected chi connectivity index (χ1v) is 7.04. The van der Waals surface area contributed by atoms with Gasteiger partial charge in [-0.3, -0.25) is 0 Å². The van der Waals surface area contributed by atoms with Crippen LogP contribution >= 0.6 is 11.8 Å². The quantitative estimate of drug-likeness (QED) is 0.752. The molecule has 7 heteroatoms. The summed E-state index contributed by atoms with van der Waals surface area (Å²) in [7, 11) is 0. The van der Waals surface area contributed by atoms with Crippen molar-refractivity contribution in [1.82, 2.24) is 10.2 Å². The minimum absolute atomic E-state index is 0.0951. The summed E-state index contributed by atoms with van der Waals surface area (Å²) in [6, 6.07) is 6.07. The zero-order chi connectivity index (χ0) is 14.5. The highest BCUT2D eigenvalue weighted by atomic mass is 32.2. The Morgan fingerprint density at radius 3 is 2.50 bits per heavy atom. The third-order valence-electron chi connectivity index (χ3n) is 2.27. The number of hydrogen-bond acceptors (Lipinski definition) is 5. The van der Waals surface area contributed by atoms with Gasteiger partial charge < -0.3 is 9.15 Å². The normalized spacial score (nSPS) is 11.3. The van der Waals surface area contributed by atoms with Crippen molar-refractivity contribution >= 4 is 11.8 Å². The summed E-state index contributed by atoms with van der Waals surface area (Å²) < 4.78 is 33.8. The molecule has 0 aliphatic carbocycles. The van der Waals surface area contributed by atoms with Crippen LogP contribution in [0.5, 0.6) is 5.75 Å². The van der Waals surface area contributed by atoms with Crippen LogP contribution in [0.4, 0.5) is 8.78 Å². The second kappa shape index (κ2) is 6.69. The van der Waals surface area contributed by atoms with E-state index in [9.17, 15) is 8.78 Å². The summed E-state index contributed by atoms with van der Waals surface area (Å²) in [5.74, 6) is 1.88. The second-order valence-electron chi connectivity index (χ2n) is 4.48. The first-order chi connectivity index (χ1) is 9.54. The van der Waals surface area contributed by atoms with Gasteiger partial charge in [0.25, 0.3) is 5.22 Å². The Bertz CT molecular complexity index is 544. The molecule has 2 aromatic rings. The van der Waals surface area contributed by atoms with E-state index in [4.69, 9.17) is 4.42 Å². The molecule has 0 fully saturated rings. The Hall–Kier alpha value is -1.63. The Morgan fingerprint density at radius 2 is 1.90 bits per heavy atom. The van der Waals surface area contributed by atoms with Gasteiger partial charge >= 0.3 is 6.61 Å². The Morgan fingerprint density at radius 1 is 1.20 bits per heavy atom. The second-order valence-corrected chi connectivity index (χ2v) is 5.45. The molecule has 0 atom stereocenters. The molecule has 0 spiro atoms. The maximum atomic E-state index is 12.0. The molecule has 0 saturated heterocycles. The summed E-state index contributed by atoms with van der Waals surface area (Å²) in [5.41, 5.74) is 0.663. The fourth-order valence-corrected chi connectivity index (χ4v) is 2.11. The highest BCUT2D eigenvalue weighted by Gasteiger charge is 2.10. The molecular weight excluding hydrogens is 286 g/mol. The van der Waals surface area contributed by atoms with Crippen molar-refractivity contribution in [3.05, 3.63) is 24.3 Å². The summed E-state index contributed by atoms with van der Waals surface area (Å²) in [6.07, 6.45) is 0. The standard InChI is InChI=1S/C13H14F2N2O2S/c1-8(2)7-20-13-17-16-11(19-13)9-3-5-10(6-4-9)18-12(14)15/h3-6,8,12H,7H2,1-2H3. The van der Waals surface area contributed by atoms with Gasteiger partial charge in [0, 0.05) is 11.3 Å². The zero-order valence-electron chi connectivity index (χ0n) is 11.0. The fourth-order valence-electron chi connectivity index (χ4n) is 1.40. The van der Waals surface area contributed by atoms with E-state index in [0.29, 0.717) is 22.6 Å². The van der Waals surface area contributed by atoms with E-state index in [1.165, 1.54) is 23.9 Å². The van der Waals surface area contributed by atoms with Gasteiger partial charge in [0.2, 0.25) is 5.89 Å². The van der Waals surface area contributed by atoms with Crippen molar-refractivity contribution in [1.29, 1.82) is 0 Å². The number of thioether (sulfide) groups is 1. The van der Waals surface area contributed by atoms with Crippen molar-refractivity contribution in [2.24, 2.45) is 5.92 Å². The lowest BCUT2D eigenvalue weighted by Crippen LogP contribution is -2.01. The molecule has 108 valence electrons. The number of aromatic nitrogens is 2. The molecule has 4 nitrogen and oxygen atoms in total. The Balaban J connectivity index is 2.04. The van der Waals surface area contributed by atoms with Crippen molar-refractivity contribution in [3.63, 3.8) is 0 Å². The molecule has 0 aliphatic rings. The summed E-state index contributed by atoms with van der Waals surface area (Å²) in [6.45, 7) is 1.38. The lowest BCUT2D eigenvalue weighted by atomic mass is 10.2. The molecule has 2 rings (SSSR count). The lowest BCUT2D eigenvalue weighted by molar-refractivity contribution is -0.0498. The monoisotopic (exact) mass is 300 g/mol. The average Bonchev–Trinajstić information content (AvgIpc) is 2.85. The number of ether oxygens (including phenoxy) is 1. The Kier molecular flexibility index (Phi) is 4.94. The molecule has 0 unspecified atom stereocenters. The fraction of sp³-hybridized carbons (Fsp3) is 0.385. The van der Waals surface area contributed by atoms with Crippen LogP contribution in [0.3, 0.4) is 0 Å². The predicted octanol–water partition coefficient (Wildman–Crippen LogP) is 4.09. The van der Waals surface area contributed by atoms with Gasteiger partial charge in [-0.15, -0.1) is 10.2 Å². The highest BCUT2D eigenvalue weighted by molar-refractivity contribution is 7.99. The number of halogens is 2. The van der Waals surface area contributed by atoms with E-state index in [1.807, 2.05) is 0 Å². The Labute approximate surface area is 119 Å². The SMILES string of the molecule is CC(C)CSc1nnc(-c2ccc(OC(F)F)cc2)o1. The van der Waals surface area contributed by atoms with Gasteiger partial charge in [-0.05, 0) is 30.2 Å². The molecule has 20 heavy (non-hydrogen) atoms.